The largest absolute Gasteiger partial charge is 0.354 e. The van der Waals surface area contributed by atoms with Crippen molar-refractivity contribution in [1.82, 2.24) is 24.5 Å². The summed E-state index contributed by atoms with van der Waals surface area (Å²) in [5, 5.41) is 2.18. The van der Waals surface area contributed by atoms with E-state index in [1.165, 1.54) is 48.6 Å². The van der Waals surface area contributed by atoms with Gasteiger partial charge in [0, 0.05) is 83.8 Å². The van der Waals surface area contributed by atoms with Crippen LogP contribution in [0.1, 0.15) is 42.3 Å². The minimum atomic E-state index is -2.36. The zero-order valence-corrected chi connectivity index (χ0v) is 36.3. The molecule has 5 aromatic heterocycles. The number of halogens is 10. The second-order valence-electron chi connectivity index (χ2n) is 16.7. The van der Waals surface area contributed by atoms with Gasteiger partial charge in [0.1, 0.15) is 0 Å². The van der Waals surface area contributed by atoms with Gasteiger partial charge in [0.05, 0.1) is 28.0 Å². The predicted octanol–water partition coefficient (Wildman–Crippen LogP) is 15.4. The number of hydrogen-bond donors (Lipinski definition) is 3. The molecule has 11 rings (SSSR count). The van der Waals surface area contributed by atoms with Crippen molar-refractivity contribution in [3.05, 3.63) is 184 Å². The van der Waals surface area contributed by atoms with Crippen LogP contribution in [0.4, 0.5) is 43.9 Å². The van der Waals surface area contributed by atoms with Gasteiger partial charge in [-0.1, -0.05) is 55.5 Å². The minimum Gasteiger partial charge on any atom is -0.354 e. The average molecular weight is 952 g/mol. The Labute approximate surface area is 389 Å². The average Bonchev–Trinajstić information content (AvgIpc) is 4.25. The third kappa shape index (κ3) is 7.00. The van der Waals surface area contributed by atoms with Crippen LogP contribution in [0.25, 0.3) is 100 Å². The van der Waals surface area contributed by atoms with Crippen molar-refractivity contribution in [2.75, 3.05) is 0 Å². The molecule has 6 heterocycles. The number of nitrogens with zero attached hydrogens (tertiary/aromatic N) is 2. The maximum atomic E-state index is 15.8. The third-order valence-corrected chi connectivity index (χ3v) is 12.5. The van der Waals surface area contributed by atoms with Crippen LogP contribution in [0.5, 0.6) is 0 Å². The Kier molecular flexibility index (Phi) is 10.6. The summed E-state index contributed by atoms with van der Waals surface area (Å²) in [6.07, 6.45) is 4.67. The van der Waals surface area contributed by atoms with Gasteiger partial charge in [-0.15, -0.1) is 0 Å². The summed E-state index contributed by atoms with van der Waals surface area (Å²) in [5.74, 6) is -15.5. The van der Waals surface area contributed by atoms with Gasteiger partial charge in [0.15, 0.2) is 46.5 Å². The van der Waals surface area contributed by atoms with E-state index in [0.717, 1.165) is 46.8 Å². The molecular weight excluding hydrogens is 921 g/mol. The van der Waals surface area contributed by atoms with Gasteiger partial charge >= 0.3 is 0 Å². The highest BCUT2D eigenvalue weighted by Crippen LogP contribution is 2.41. The maximum absolute atomic E-state index is 15.8. The zero-order valence-electron chi connectivity index (χ0n) is 36.3. The maximum Gasteiger partial charge on any atom is 0.200 e. The molecule has 0 aliphatic carbocycles. The fourth-order valence-corrected chi connectivity index (χ4v) is 9.19. The highest BCUT2D eigenvalue weighted by atomic mass is 19.2. The zero-order chi connectivity index (χ0) is 48.7. The Bertz CT molecular complexity index is 4010. The summed E-state index contributed by atoms with van der Waals surface area (Å²) in [7, 11) is 0. The Hall–Kier alpha value is -8.51. The van der Waals surface area contributed by atoms with Crippen molar-refractivity contribution in [3.63, 3.8) is 0 Å². The van der Waals surface area contributed by atoms with Crippen LogP contribution in [0, 0.1) is 70.0 Å². The number of fused-ring (bicyclic) bond motifs is 12. The molecule has 8 bridgehead atoms. The van der Waals surface area contributed by atoms with Crippen molar-refractivity contribution < 1.29 is 43.9 Å². The van der Waals surface area contributed by atoms with Gasteiger partial charge in [-0.05, 0) is 96.9 Å². The van der Waals surface area contributed by atoms with Gasteiger partial charge in [0.2, 0.25) is 11.6 Å². The Morgan fingerprint density at radius 1 is 0.429 bits per heavy atom. The van der Waals surface area contributed by atoms with E-state index in [4.69, 9.17) is 0 Å². The minimum absolute atomic E-state index is 0.0132. The first-order valence-electron chi connectivity index (χ1n) is 21.8. The molecule has 0 atom stereocenters. The lowest BCUT2D eigenvalue weighted by Gasteiger charge is -2.10. The molecule has 70 heavy (non-hydrogen) atoms. The van der Waals surface area contributed by atoms with Crippen molar-refractivity contribution >= 4 is 67.1 Å². The number of benzene rings is 5. The number of aromatic nitrogens is 5. The van der Waals surface area contributed by atoms with Gasteiger partial charge < -0.3 is 19.5 Å². The SMILES string of the molecule is CCCCn1c2ccccc2c2cc(C#Cc3ccc(-c4c5ccc([nH]5)c(-c5c(F)c(F)c(F)c(F)c5F)c5nc(c6ccc([nH]6)c(-c6c(F)c(F)c(F)c(F)c6F)c6ccc4[nH]6)C=C5)cc3)ccc21. The van der Waals surface area contributed by atoms with E-state index in [0.29, 0.717) is 11.1 Å². The third-order valence-electron chi connectivity index (χ3n) is 12.5. The lowest BCUT2D eigenvalue weighted by atomic mass is 10.0. The fraction of sp³-hybridized carbons (Fsp3) is 0.0727. The summed E-state index contributed by atoms with van der Waals surface area (Å²) in [5.41, 5.74) is 0.655. The lowest BCUT2D eigenvalue weighted by molar-refractivity contribution is 0.381. The molecule has 0 unspecified atom stereocenters. The number of H-pyrrole nitrogens is 3. The Morgan fingerprint density at radius 3 is 1.49 bits per heavy atom. The van der Waals surface area contributed by atoms with Crippen LogP contribution in [0.3, 0.4) is 0 Å². The summed E-state index contributed by atoms with van der Waals surface area (Å²) in [4.78, 5) is 13.5. The second-order valence-corrected chi connectivity index (χ2v) is 16.7. The Morgan fingerprint density at radius 2 is 0.886 bits per heavy atom. The highest BCUT2D eigenvalue weighted by Gasteiger charge is 2.31. The van der Waals surface area contributed by atoms with Gasteiger partial charge in [-0.3, -0.25) is 0 Å². The number of rotatable bonds is 6. The molecule has 1 aliphatic heterocycles. The molecule has 10 aromatic rings. The normalized spacial score (nSPS) is 11.9. The monoisotopic (exact) mass is 951 g/mol. The standard InChI is InChI=1S/C55H31F10N5/c1-2-3-24-70-39-7-5-4-6-29(39)30-25-27(12-23-40(30)70)9-8-26-10-13-28(14-11-26)41-33-19-21-37(68-33)42(44-46(56)50(60)54(64)51(61)47(44)57)35-17-15-31(66-35)32-16-18-36(67-32)43(38-22-20-34(41)69-38)45-48(58)52(62)55(65)53(63)49(45)59/h4-7,10-23,25,66,68-69H,2-3,24H2,1H3. The number of aryl methyl sites for hydroxylation is 1. The van der Waals surface area contributed by atoms with Crippen LogP contribution in [0.2, 0.25) is 0 Å². The molecule has 0 saturated carbocycles. The number of unbranched alkanes of at least 4 members (excludes halogenated alkanes) is 1. The van der Waals surface area contributed by atoms with Crippen molar-refractivity contribution in [2.45, 2.75) is 26.3 Å². The van der Waals surface area contributed by atoms with E-state index < -0.39 is 80.4 Å². The highest BCUT2D eigenvalue weighted by molar-refractivity contribution is 6.08. The van der Waals surface area contributed by atoms with E-state index in [-0.39, 0.29) is 50.1 Å². The summed E-state index contributed by atoms with van der Waals surface area (Å²) >= 11 is 0. The van der Waals surface area contributed by atoms with Crippen molar-refractivity contribution in [1.29, 1.82) is 0 Å². The van der Waals surface area contributed by atoms with E-state index >= 15 is 17.6 Å². The van der Waals surface area contributed by atoms with Gasteiger partial charge in [-0.25, -0.2) is 48.9 Å². The van der Waals surface area contributed by atoms with Crippen molar-refractivity contribution in [2.24, 2.45) is 0 Å². The summed E-state index contributed by atoms with van der Waals surface area (Å²) < 4.78 is 154. The smallest absolute Gasteiger partial charge is 0.200 e. The van der Waals surface area contributed by atoms with E-state index in [9.17, 15) is 26.3 Å². The topological polar surface area (TPSA) is 65.2 Å². The van der Waals surface area contributed by atoms with E-state index in [1.54, 1.807) is 24.3 Å². The molecule has 0 fully saturated rings. The predicted molar refractivity (Wildman–Crippen MR) is 251 cm³/mol. The first-order chi connectivity index (χ1) is 33.8. The molecule has 0 amide bonds. The molecular formula is C55H31F10N5. The van der Waals surface area contributed by atoms with Crippen molar-refractivity contribution in [3.8, 4) is 45.2 Å². The molecule has 0 saturated heterocycles. The van der Waals surface area contributed by atoms with Crippen LogP contribution in [-0.2, 0) is 6.54 Å². The molecule has 3 N–H and O–H groups in total. The first-order valence-corrected chi connectivity index (χ1v) is 21.8. The number of aromatic amines is 3. The van der Waals surface area contributed by atoms with Crippen LogP contribution in [-0.4, -0.2) is 24.5 Å². The van der Waals surface area contributed by atoms with Crippen LogP contribution < -0.4 is 0 Å². The molecule has 0 radical (unpaired) electrons. The molecule has 15 heteroatoms. The molecule has 1 aliphatic rings. The summed E-state index contributed by atoms with van der Waals surface area (Å²) in [6, 6.07) is 29.4. The Balaban J connectivity index is 1.15. The molecule has 0 spiro atoms. The number of hydrogen-bond acceptors (Lipinski definition) is 1. The van der Waals surface area contributed by atoms with E-state index in [1.807, 2.05) is 18.2 Å². The van der Waals surface area contributed by atoms with Crippen LogP contribution in [0.15, 0.2) is 103 Å². The van der Waals surface area contributed by atoms with E-state index in [2.05, 4.69) is 67.5 Å². The quantitative estimate of drug-likeness (QED) is 0.0661. The first kappa shape index (κ1) is 44.0. The van der Waals surface area contributed by atoms with Gasteiger partial charge in [0.25, 0.3) is 0 Å². The summed E-state index contributed by atoms with van der Waals surface area (Å²) in [6.45, 7) is 3.02. The fourth-order valence-electron chi connectivity index (χ4n) is 9.19. The second kappa shape index (κ2) is 16.9. The number of para-hydroxylation sites is 1. The molecule has 5 aromatic carbocycles. The molecule has 5 nitrogen and oxygen atoms in total. The molecule has 346 valence electrons. The van der Waals surface area contributed by atoms with Crippen LogP contribution >= 0.6 is 0 Å². The number of nitrogens with one attached hydrogen (secondary N) is 3. The van der Waals surface area contributed by atoms with Gasteiger partial charge in [-0.2, -0.15) is 0 Å². The lowest BCUT2D eigenvalue weighted by Crippen LogP contribution is -2.05.